The molecule has 0 saturated heterocycles. The van der Waals surface area contributed by atoms with E-state index in [0.29, 0.717) is 37.5 Å². The normalized spacial score (nSPS) is 14.1. The molecule has 0 saturated carbocycles. The van der Waals surface area contributed by atoms with Gasteiger partial charge in [0.1, 0.15) is 17.8 Å². The lowest BCUT2D eigenvalue weighted by molar-refractivity contribution is -0.147. The quantitative estimate of drug-likeness (QED) is 0.127. The van der Waals surface area contributed by atoms with Crippen molar-refractivity contribution in [1.29, 1.82) is 0 Å². The fourth-order valence-corrected chi connectivity index (χ4v) is 3.41. The van der Waals surface area contributed by atoms with E-state index in [9.17, 15) is 14.4 Å². The Hall–Kier alpha value is -1.73. The monoisotopic (exact) mass is 497 g/mol. The minimum absolute atomic E-state index is 0.0865. The molecule has 7 heteroatoms. The van der Waals surface area contributed by atoms with Crippen LogP contribution in [0.25, 0.3) is 0 Å². The van der Waals surface area contributed by atoms with Gasteiger partial charge in [-0.15, -0.1) is 0 Å². The molecule has 0 aliphatic heterocycles. The van der Waals surface area contributed by atoms with Crippen LogP contribution in [0.5, 0.6) is 0 Å². The van der Waals surface area contributed by atoms with Crippen molar-refractivity contribution in [3.8, 4) is 0 Å². The van der Waals surface area contributed by atoms with Crippen LogP contribution in [-0.4, -0.2) is 55.2 Å². The van der Waals surface area contributed by atoms with Crippen molar-refractivity contribution in [3.63, 3.8) is 0 Å². The van der Waals surface area contributed by atoms with Gasteiger partial charge in [-0.05, 0) is 59.3 Å². The molecule has 0 spiro atoms. The summed E-state index contributed by atoms with van der Waals surface area (Å²) < 4.78 is 16.9. The highest BCUT2D eigenvalue weighted by Gasteiger charge is 2.32. The number of hydrogen-bond acceptors (Lipinski definition) is 6. The maximum atomic E-state index is 12.7. The van der Waals surface area contributed by atoms with Crippen molar-refractivity contribution in [2.75, 3.05) is 26.4 Å². The largest absolute Gasteiger partial charge is 0.460 e. The Bertz CT molecular complexity index is 660. The van der Waals surface area contributed by atoms with E-state index in [-0.39, 0.29) is 24.8 Å². The number of carbonyl (C=O) groups is 3. The predicted octanol–water partition coefficient (Wildman–Crippen LogP) is 5.55. The molecule has 0 heterocycles. The lowest BCUT2D eigenvalue weighted by atomic mass is 9.96. The maximum absolute atomic E-state index is 12.7. The Balaban J connectivity index is 4.24. The molecule has 35 heavy (non-hydrogen) atoms. The molecule has 0 bridgehead atoms. The van der Waals surface area contributed by atoms with Crippen molar-refractivity contribution >= 4 is 17.7 Å². The van der Waals surface area contributed by atoms with Gasteiger partial charge in [0.2, 0.25) is 0 Å². The SMILES string of the molecule is C=C(C)C(=O)OCCNC(=O)C(C)(CC)OCCCCCC(=O)C(C)(C)OCC(CC)CCCC. The van der Waals surface area contributed by atoms with Gasteiger partial charge in [0.15, 0.2) is 5.78 Å². The molecule has 1 amide bonds. The molecule has 0 aliphatic rings. The van der Waals surface area contributed by atoms with Gasteiger partial charge in [0, 0.05) is 18.6 Å². The van der Waals surface area contributed by atoms with Crippen LogP contribution >= 0.6 is 0 Å². The highest BCUT2D eigenvalue weighted by molar-refractivity contribution is 5.87. The number of carbonyl (C=O) groups excluding carboxylic acids is 3. The van der Waals surface area contributed by atoms with Crippen LogP contribution in [0, 0.1) is 5.92 Å². The minimum atomic E-state index is -0.947. The average Bonchev–Trinajstić information content (AvgIpc) is 2.83. The number of esters is 1. The fourth-order valence-electron chi connectivity index (χ4n) is 3.41. The Labute approximate surface area is 213 Å². The van der Waals surface area contributed by atoms with Crippen LogP contribution in [-0.2, 0) is 28.6 Å². The number of ketones is 1. The first-order valence-corrected chi connectivity index (χ1v) is 13.4. The summed E-state index contributed by atoms with van der Waals surface area (Å²) in [5.41, 5.74) is -1.38. The van der Waals surface area contributed by atoms with Gasteiger partial charge in [-0.25, -0.2) is 4.79 Å². The number of ether oxygens (including phenoxy) is 3. The maximum Gasteiger partial charge on any atom is 0.333 e. The molecule has 0 rings (SSSR count). The number of unbranched alkanes of at least 4 members (excludes halogenated alkanes) is 3. The smallest absolute Gasteiger partial charge is 0.333 e. The molecule has 0 aromatic heterocycles. The number of rotatable bonds is 21. The lowest BCUT2D eigenvalue weighted by Gasteiger charge is -2.28. The standard InChI is InChI=1S/C28H51NO6/c1-9-12-16-23(10-2)21-35-27(6,7)24(30)17-14-13-15-19-34-28(8,11-3)26(32)29-18-20-33-25(31)22(4)5/h23H,4,9-21H2,1-3,5-8H3,(H,29,32). The van der Waals surface area contributed by atoms with E-state index >= 15 is 0 Å². The van der Waals surface area contributed by atoms with Crippen molar-refractivity contribution < 1.29 is 28.6 Å². The first-order valence-electron chi connectivity index (χ1n) is 13.4. The second-order valence-corrected chi connectivity index (χ2v) is 10.1. The van der Waals surface area contributed by atoms with E-state index in [0.717, 1.165) is 32.1 Å². The molecule has 204 valence electrons. The first kappa shape index (κ1) is 33.3. The summed E-state index contributed by atoms with van der Waals surface area (Å²) in [6.45, 7) is 18.2. The predicted molar refractivity (Wildman–Crippen MR) is 140 cm³/mol. The molecule has 0 aliphatic carbocycles. The molecule has 0 radical (unpaired) electrons. The van der Waals surface area contributed by atoms with Crippen LogP contribution in [0.2, 0.25) is 0 Å². The highest BCUT2D eigenvalue weighted by Crippen LogP contribution is 2.21. The van der Waals surface area contributed by atoms with Crippen LogP contribution < -0.4 is 5.32 Å². The summed E-state index contributed by atoms with van der Waals surface area (Å²) in [4.78, 5) is 36.6. The molecule has 2 atom stereocenters. The van der Waals surface area contributed by atoms with E-state index in [2.05, 4.69) is 25.7 Å². The summed E-state index contributed by atoms with van der Waals surface area (Å²) >= 11 is 0. The molecule has 0 aromatic rings. The van der Waals surface area contributed by atoms with Gasteiger partial charge >= 0.3 is 5.97 Å². The zero-order chi connectivity index (χ0) is 26.9. The Morgan fingerprint density at radius 3 is 2.20 bits per heavy atom. The van der Waals surface area contributed by atoms with Crippen LogP contribution in [0.15, 0.2) is 12.2 Å². The summed E-state index contributed by atoms with van der Waals surface area (Å²) in [7, 11) is 0. The number of amides is 1. The molecule has 7 nitrogen and oxygen atoms in total. The molecular weight excluding hydrogens is 446 g/mol. The van der Waals surface area contributed by atoms with Gasteiger partial charge < -0.3 is 19.5 Å². The molecule has 1 N–H and O–H groups in total. The van der Waals surface area contributed by atoms with E-state index < -0.39 is 17.2 Å². The third-order valence-electron chi connectivity index (χ3n) is 6.49. The van der Waals surface area contributed by atoms with Gasteiger partial charge in [0.25, 0.3) is 5.91 Å². The summed E-state index contributed by atoms with van der Waals surface area (Å²) in [6, 6.07) is 0. The van der Waals surface area contributed by atoms with Gasteiger partial charge in [-0.3, -0.25) is 9.59 Å². The van der Waals surface area contributed by atoms with E-state index in [4.69, 9.17) is 14.2 Å². The van der Waals surface area contributed by atoms with Gasteiger partial charge in [-0.2, -0.15) is 0 Å². The van der Waals surface area contributed by atoms with Crippen molar-refractivity contribution in [1.82, 2.24) is 5.32 Å². The van der Waals surface area contributed by atoms with Crippen molar-refractivity contribution in [2.45, 2.75) is 117 Å². The Morgan fingerprint density at radius 2 is 1.63 bits per heavy atom. The average molecular weight is 498 g/mol. The van der Waals surface area contributed by atoms with Gasteiger partial charge in [0.05, 0.1) is 13.2 Å². The molecule has 0 fully saturated rings. The zero-order valence-electron chi connectivity index (χ0n) is 23.4. The van der Waals surface area contributed by atoms with E-state index in [1.54, 1.807) is 13.8 Å². The number of hydrogen-bond donors (Lipinski definition) is 1. The number of Topliss-reactive ketones (excluding diaryl/α,β-unsaturated/α-hetero) is 1. The minimum Gasteiger partial charge on any atom is -0.460 e. The topological polar surface area (TPSA) is 90.9 Å². The third kappa shape index (κ3) is 13.8. The highest BCUT2D eigenvalue weighted by atomic mass is 16.5. The van der Waals surface area contributed by atoms with Crippen LogP contribution in [0.3, 0.4) is 0 Å². The first-order chi connectivity index (χ1) is 16.4. The Morgan fingerprint density at radius 1 is 0.943 bits per heavy atom. The second kappa shape index (κ2) is 17.7. The fraction of sp³-hybridized carbons (Fsp3) is 0.821. The molecule has 0 aromatic carbocycles. The van der Waals surface area contributed by atoms with Crippen molar-refractivity contribution in [2.24, 2.45) is 5.92 Å². The van der Waals surface area contributed by atoms with E-state index in [1.165, 1.54) is 12.8 Å². The van der Waals surface area contributed by atoms with Crippen LogP contribution in [0.1, 0.15) is 106 Å². The van der Waals surface area contributed by atoms with Crippen molar-refractivity contribution in [3.05, 3.63) is 12.2 Å². The number of nitrogens with one attached hydrogen (secondary N) is 1. The third-order valence-corrected chi connectivity index (χ3v) is 6.49. The Kier molecular flexibility index (Phi) is 16.8. The lowest BCUT2D eigenvalue weighted by Crippen LogP contribution is -2.47. The van der Waals surface area contributed by atoms with E-state index in [1.807, 2.05) is 20.8 Å². The summed E-state index contributed by atoms with van der Waals surface area (Å²) in [5, 5.41) is 2.76. The second-order valence-electron chi connectivity index (χ2n) is 10.1. The molecule has 2 unspecified atom stereocenters. The molecular formula is C28H51NO6. The van der Waals surface area contributed by atoms with Gasteiger partial charge in [-0.1, -0.05) is 53.0 Å². The zero-order valence-corrected chi connectivity index (χ0v) is 23.4. The summed E-state index contributed by atoms with van der Waals surface area (Å²) in [6.07, 6.45) is 7.97. The van der Waals surface area contributed by atoms with Crippen LogP contribution in [0.4, 0.5) is 0 Å². The summed E-state index contributed by atoms with van der Waals surface area (Å²) in [5.74, 6) is -0.0615.